The van der Waals surface area contributed by atoms with Crippen LogP contribution >= 0.6 is 15.9 Å². The molecule has 0 aliphatic heterocycles. The fraction of sp³-hybridized carbons (Fsp3) is 0.364. The molecule has 0 spiro atoms. The number of nitrogens with two attached hydrogens (primary N) is 1. The van der Waals surface area contributed by atoms with Crippen LogP contribution in [-0.2, 0) is 9.53 Å². The molecule has 0 aliphatic rings. The number of halogens is 1. The molecule has 0 aliphatic carbocycles. The lowest BCUT2D eigenvalue weighted by Crippen LogP contribution is -2.35. The van der Waals surface area contributed by atoms with Gasteiger partial charge in [0.2, 0.25) is 5.91 Å². The predicted octanol–water partition coefficient (Wildman–Crippen LogP) is 1.21. The second-order valence-electron chi connectivity index (χ2n) is 3.33. The third kappa shape index (κ3) is 3.92. The topological polar surface area (TPSA) is 64.3 Å². The molecule has 1 atom stereocenters. The van der Waals surface area contributed by atoms with Gasteiger partial charge in [-0.2, -0.15) is 0 Å². The summed E-state index contributed by atoms with van der Waals surface area (Å²) in [5.74, 6) is -0.390. The molecule has 0 saturated carbocycles. The van der Waals surface area contributed by atoms with Crippen LogP contribution in [0.5, 0.6) is 0 Å². The molecular weight excluding hydrogens is 272 g/mol. The maximum Gasteiger partial charge on any atom is 0.239 e. The number of nitrogens with one attached hydrogen (secondary N) is 1. The van der Waals surface area contributed by atoms with Gasteiger partial charge in [-0.25, -0.2) is 0 Å². The average Bonchev–Trinajstić information content (AvgIpc) is 2.26. The Kier molecular flexibility index (Phi) is 5.45. The molecule has 0 saturated heterocycles. The first kappa shape index (κ1) is 13.2. The smallest absolute Gasteiger partial charge is 0.239 e. The van der Waals surface area contributed by atoms with E-state index >= 15 is 0 Å². The second-order valence-corrected chi connectivity index (χ2v) is 4.25. The molecule has 1 unspecified atom stereocenters. The molecule has 5 heteroatoms. The van der Waals surface area contributed by atoms with Crippen molar-refractivity contribution in [1.29, 1.82) is 0 Å². The maximum atomic E-state index is 11.3. The van der Waals surface area contributed by atoms with Gasteiger partial charge in [0.25, 0.3) is 0 Å². The number of carbonyl (C=O) groups is 1. The molecule has 88 valence electrons. The van der Waals surface area contributed by atoms with E-state index in [1.165, 1.54) is 0 Å². The maximum absolute atomic E-state index is 11.3. The normalized spacial score (nSPS) is 12.4. The van der Waals surface area contributed by atoms with Crippen molar-refractivity contribution in [3.05, 3.63) is 34.3 Å². The van der Waals surface area contributed by atoms with Gasteiger partial charge in [0.15, 0.2) is 0 Å². The molecule has 0 radical (unpaired) electrons. The van der Waals surface area contributed by atoms with Crippen molar-refractivity contribution in [1.82, 2.24) is 5.32 Å². The van der Waals surface area contributed by atoms with Crippen LogP contribution in [0.1, 0.15) is 11.6 Å². The molecule has 3 N–H and O–H groups in total. The first-order valence-corrected chi connectivity index (χ1v) is 5.71. The summed E-state index contributed by atoms with van der Waals surface area (Å²) in [6, 6.07) is 7.01. The van der Waals surface area contributed by atoms with Crippen LogP contribution in [0.3, 0.4) is 0 Å². The lowest BCUT2D eigenvalue weighted by molar-refractivity contribution is -0.120. The molecule has 0 bridgehead atoms. The number of carbonyl (C=O) groups excluding carboxylic acids is 1. The van der Waals surface area contributed by atoms with E-state index in [1.807, 2.05) is 24.3 Å². The Labute approximate surface area is 103 Å². The van der Waals surface area contributed by atoms with Crippen molar-refractivity contribution in [2.75, 3.05) is 20.3 Å². The quantitative estimate of drug-likeness (QED) is 0.773. The number of amides is 1. The van der Waals surface area contributed by atoms with E-state index in [1.54, 1.807) is 7.11 Å². The van der Waals surface area contributed by atoms with Gasteiger partial charge in [0.1, 0.15) is 6.04 Å². The van der Waals surface area contributed by atoms with Crippen LogP contribution in [0.15, 0.2) is 28.7 Å². The van der Waals surface area contributed by atoms with Crippen LogP contribution in [0.4, 0.5) is 0 Å². The lowest BCUT2D eigenvalue weighted by atomic mass is 10.1. The van der Waals surface area contributed by atoms with Gasteiger partial charge in [-0.05, 0) is 17.7 Å². The highest BCUT2D eigenvalue weighted by atomic mass is 79.9. The summed E-state index contributed by atoms with van der Waals surface area (Å²) in [6.45, 7) is 1.13. The highest BCUT2D eigenvalue weighted by molar-refractivity contribution is 9.10. The fourth-order valence-electron chi connectivity index (χ4n) is 1.34. The zero-order valence-electron chi connectivity index (χ0n) is 9.07. The van der Waals surface area contributed by atoms with Gasteiger partial charge >= 0.3 is 0 Å². The zero-order valence-corrected chi connectivity index (χ0v) is 10.7. The van der Waals surface area contributed by atoms with E-state index < -0.39 is 11.9 Å². The Morgan fingerprint density at radius 3 is 2.62 bits per heavy atom. The molecule has 0 fully saturated rings. The summed E-state index contributed by atoms with van der Waals surface area (Å²) in [4.78, 5) is 11.3. The molecule has 16 heavy (non-hydrogen) atoms. The van der Waals surface area contributed by atoms with Crippen LogP contribution in [0.2, 0.25) is 0 Å². The van der Waals surface area contributed by atoms with Crippen LogP contribution in [-0.4, -0.2) is 26.2 Å². The molecule has 1 amide bonds. The summed E-state index contributed by atoms with van der Waals surface area (Å²) >= 11 is 3.34. The summed E-state index contributed by atoms with van der Waals surface area (Å²) in [7, 11) is 1.61. The summed E-state index contributed by atoms with van der Waals surface area (Å²) in [5, 5.41) is 3.04. The first-order chi connectivity index (χ1) is 7.65. The number of hydrogen-bond donors (Lipinski definition) is 2. The minimum Gasteiger partial charge on any atom is -0.383 e. The monoisotopic (exact) mass is 286 g/mol. The van der Waals surface area contributed by atoms with Gasteiger partial charge in [0.05, 0.1) is 6.61 Å². The minimum atomic E-state index is -0.469. The second kappa shape index (κ2) is 6.62. The van der Waals surface area contributed by atoms with Crippen molar-refractivity contribution in [2.24, 2.45) is 5.73 Å². The van der Waals surface area contributed by atoms with E-state index in [2.05, 4.69) is 21.2 Å². The van der Waals surface area contributed by atoms with Crippen LogP contribution < -0.4 is 11.1 Å². The van der Waals surface area contributed by atoms with E-state index in [0.29, 0.717) is 13.2 Å². The van der Waals surface area contributed by atoms with Crippen LogP contribution in [0, 0.1) is 0 Å². The molecular formula is C11H15BrN2O2. The van der Waals surface area contributed by atoms with Crippen molar-refractivity contribution >= 4 is 21.8 Å². The van der Waals surface area contributed by atoms with Crippen molar-refractivity contribution in [3.63, 3.8) is 0 Å². The van der Waals surface area contributed by atoms with E-state index in [9.17, 15) is 4.79 Å². The van der Waals surface area contributed by atoms with Gasteiger partial charge in [-0.1, -0.05) is 28.1 Å². The lowest BCUT2D eigenvalue weighted by Gasteiger charge is -2.15. The van der Waals surface area contributed by atoms with Crippen molar-refractivity contribution in [3.8, 4) is 0 Å². The Bertz CT molecular complexity index is 340. The Morgan fingerprint density at radius 2 is 2.12 bits per heavy atom. The third-order valence-electron chi connectivity index (χ3n) is 2.14. The highest BCUT2D eigenvalue weighted by Gasteiger charge is 2.16. The molecule has 1 aromatic carbocycles. The number of ether oxygens (including phenoxy) is 1. The zero-order chi connectivity index (χ0) is 12.0. The molecule has 1 aromatic rings. The standard InChI is InChI=1S/C11H15BrN2O2/c1-16-7-6-14-10(11(13)15)8-2-4-9(12)5-3-8/h2-5,10,14H,6-7H2,1H3,(H2,13,15). The SMILES string of the molecule is COCCNC(C(N)=O)c1ccc(Br)cc1. The Hall–Kier alpha value is -0.910. The molecule has 1 rings (SSSR count). The van der Waals surface area contributed by atoms with Crippen molar-refractivity contribution in [2.45, 2.75) is 6.04 Å². The molecule has 0 aromatic heterocycles. The number of benzene rings is 1. The number of hydrogen-bond acceptors (Lipinski definition) is 3. The predicted molar refractivity (Wildman–Crippen MR) is 66.0 cm³/mol. The van der Waals surface area contributed by atoms with Crippen molar-refractivity contribution < 1.29 is 9.53 Å². The summed E-state index contributed by atoms with van der Waals surface area (Å²) < 4.78 is 5.87. The third-order valence-corrected chi connectivity index (χ3v) is 2.67. The van der Waals surface area contributed by atoms with Gasteiger partial charge in [-0.3, -0.25) is 10.1 Å². The summed E-state index contributed by atoms with van der Waals surface area (Å²) in [5.41, 5.74) is 6.19. The first-order valence-electron chi connectivity index (χ1n) is 4.92. The Balaban J connectivity index is 2.69. The number of primary amides is 1. The van der Waals surface area contributed by atoms with E-state index in [4.69, 9.17) is 10.5 Å². The molecule has 4 nitrogen and oxygen atoms in total. The highest BCUT2D eigenvalue weighted by Crippen LogP contribution is 2.16. The fourth-order valence-corrected chi connectivity index (χ4v) is 1.61. The average molecular weight is 287 g/mol. The summed E-state index contributed by atoms with van der Waals surface area (Å²) in [6.07, 6.45) is 0. The molecule has 0 heterocycles. The van der Waals surface area contributed by atoms with Gasteiger partial charge in [-0.15, -0.1) is 0 Å². The van der Waals surface area contributed by atoms with Gasteiger partial charge < -0.3 is 10.5 Å². The van der Waals surface area contributed by atoms with E-state index in [-0.39, 0.29) is 0 Å². The number of rotatable bonds is 6. The largest absolute Gasteiger partial charge is 0.383 e. The number of methoxy groups -OCH3 is 1. The Morgan fingerprint density at radius 1 is 1.50 bits per heavy atom. The minimum absolute atomic E-state index is 0.390. The van der Waals surface area contributed by atoms with Crippen LogP contribution in [0.25, 0.3) is 0 Å². The van der Waals surface area contributed by atoms with Gasteiger partial charge in [0, 0.05) is 18.1 Å². The van der Waals surface area contributed by atoms with E-state index in [0.717, 1.165) is 10.0 Å².